The molecule has 0 saturated carbocycles. The predicted molar refractivity (Wildman–Crippen MR) is 78.3 cm³/mol. The van der Waals surface area contributed by atoms with E-state index in [9.17, 15) is 4.79 Å². The molecule has 0 amide bonds. The summed E-state index contributed by atoms with van der Waals surface area (Å²) < 4.78 is 5.42. The van der Waals surface area contributed by atoms with Crippen LogP contribution in [0.15, 0.2) is 55.1 Å². The van der Waals surface area contributed by atoms with Crippen LogP contribution in [-0.2, 0) is 4.74 Å². The van der Waals surface area contributed by atoms with Crippen LogP contribution in [0.2, 0.25) is 0 Å². The molecule has 0 radical (unpaired) electrons. The van der Waals surface area contributed by atoms with Crippen molar-refractivity contribution in [2.24, 2.45) is 0 Å². The lowest BCUT2D eigenvalue weighted by molar-refractivity contribution is 0.0380. The Balaban J connectivity index is 2.19. The van der Waals surface area contributed by atoms with E-state index in [2.05, 4.69) is 13.5 Å². The highest BCUT2D eigenvalue weighted by molar-refractivity contribution is 5.95. The molecule has 0 aliphatic heterocycles. The van der Waals surface area contributed by atoms with Crippen molar-refractivity contribution in [1.82, 2.24) is 0 Å². The maximum Gasteiger partial charge on any atom is 0.338 e. The Hall–Kier alpha value is -2.09. The van der Waals surface area contributed by atoms with Crippen molar-refractivity contribution in [2.45, 2.75) is 25.9 Å². The van der Waals surface area contributed by atoms with E-state index in [1.807, 2.05) is 36.4 Å². The van der Waals surface area contributed by atoms with Gasteiger partial charge < -0.3 is 4.74 Å². The Morgan fingerprint density at radius 1 is 1.26 bits per heavy atom. The average Bonchev–Trinajstić information content (AvgIpc) is 2.46. The third-order valence-corrected chi connectivity index (χ3v) is 3.08. The first-order valence-corrected chi connectivity index (χ1v) is 6.57. The van der Waals surface area contributed by atoms with Gasteiger partial charge in [0.05, 0.1) is 5.56 Å². The average molecular weight is 254 g/mol. The van der Waals surface area contributed by atoms with E-state index in [1.54, 1.807) is 12.1 Å². The van der Waals surface area contributed by atoms with Crippen LogP contribution in [-0.4, -0.2) is 12.1 Å². The van der Waals surface area contributed by atoms with Crippen LogP contribution in [0.4, 0.5) is 0 Å². The molecular weight excluding hydrogens is 236 g/mol. The number of fused-ring (bicyclic) bond motifs is 1. The van der Waals surface area contributed by atoms with E-state index in [-0.39, 0.29) is 12.1 Å². The lowest BCUT2D eigenvalue weighted by atomic mass is 10.1. The fourth-order valence-electron chi connectivity index (χ4n) is 2.03. The van der Waals surface area contributed by atoms with Crippen molar-refractivity contribution in [2.75, 3.05) is 0 Å². The molecule has 2 aromatic carbocycles. The van der Waals surface area contributed by atoms with Gasteiger partial charge in [0.25, 0.3) is 0 Å². The van der Waals surface area contributed by atoms with E-state index < -0.39 is 0 Å². The van der Waals surface area contributed by atoms with Crippen molar-refractivity contribution in [3.63, 3.8) is 0 Å². The van der Waals surface area contributed by atoms with Crippen LogP contribution < -0.4 is 0 Å². The molecule has 0 N–H and O–H groups in total. The van der Waals surface area contributed by atoms with Crippen LogP contribution in [0.25, 0.3) is 10.8 Å². The Morgan fingerprint density at radius 3 is 2.68 bits per heavy atom. The second kappa shape index (κ2) is 6.19. The third-order valence-electron chi connectivity index (χ3n) is 3.08. The van der Waals surface area contributed by atoms with E-state index in [1.165, 1.54) is 0 Å². The van der Waals surface area contributed by atoms with Crippen LogP contribution in [0, 0.1) is 0 Å². The van der Waals surface area contributed by atoms with E-state index >= 15 is 0 Å². The minimum absolute atomic E-state index is 0.205. The number of carbonyl (C=O) groups excluding carboxylic acids is 1. The molecule has 0 aliphatic rings. The maximum atomic E-state index is 12.1. The highest BCUT2D eigenvalue weighted by Crippen LogP contribution is 2.17. The summed E-state index contributed by atoms with van der Waals surface area (Å²) in [6.07, 6.45) is 3.25. The number of ether oxygens (including phenoxy) is 1. The fraction of sp³-hybridized carbons (Fsp3) is 0.235. The molecule has 0 bridgehead atoms. The van der Waals surface area contributed by atoms with Gasteiger partial charge in [-0.15, -0.1) is 0 Å². The van der Waals surface area contributed by atoms with Crippen LogP contribution >= 0.6 is 0 Å². The van der Waals surface area contributed by atoms with Crippen molar-refractivity contribution in [1.29, 1.82) is 0 Å². The van der Waals surface area contributed by atoms with Crippen molar-refractivity contribution in [3.8, 4) is 0 Å². The number of hydrogen-bond donors (Lipinski definition) is 0. The standard InChI is InChI=1S/C17H18O2/c1-3-7-16(4-2)19-17(18)15-11-10-13-8-5-6-9-14(13)12-15/h4-6,8-12,16H,2-3,7H2,1H3/t16-/m0/s1. The van der Waals surface area contributed by atoms with Gasteiger partial charge in [0.1, 0.15) is 6.10 Å². The van der Waals surface area contributed by atoms with Crippen LogP contribution in [0.5, 0.6) is 0 Å². The minimum atomic E-state index is -0.288. The van der Waals surface area contributed by atoms with E-state index in [4.69, 9.17) is 4.74 Å². The molecule has 98 valence electrons. The Kier molecular flexibility index (Phi) is 4.35. The fourth-order valence-corrected chi connectivity index (χ4v) is 2.03. The van der Waals surface area contributed by atoms with Gasteiger partial charge in [-0.1, -0.05) is 56.3 Å². The second-order valence-electron chi connectivity index (χ2n) is 4.53. The molecule has 2 rings (SSSR count). The predicted octanol–water partition coefficient (Wildman–Crippen LogP) is 4.35. The molecule has 0 heterocycles. The summed E-state index contributed by atoms with van der Waals surface area (Å²) in [7, 11) is 0. The van der Waals surface area contributed by atoms with Crippen molar-refractivity contribution in [3.05, 3.63) is 60.7 Å². The summed E-state index contributed by atoms with van der Waals surface area (Å²) in [6, 6.07) is 13.6. The number of carbonyl (C=O) groups is 1. The molecule has 19 heavy (non-hydrogen) atoms. The van der Waals surface area contributed by atoms with Gasteiger partial charge in [-0.05, 0) is 29.3 Å². The summed E-state index contributed by atoms with van der Waals surface area (Å²) in [5.41, 5.74) is 0.585. The summed E-state index contributed by atoms with van der Waals surface area (Å²) in [4.78, 5) is 12.1. The summed E-state index contributed by atoms with van der Waals surface area (Å²) in [5.74, 6) is -0.288. The Bertz CT molecular complexity index is 587. The number of benzene rings is 2. The molecular formula is C17H18O2. The van der Waals surface area contributed by atoms with E-state index in [0.717, 1.165) is 23.6 Å². The van der Waals surface area contributed by atoms with Crippen LogP contribution in [0.1, 0.15) is 30.1 Å². The first-order chi connectivity index (χ1) is 9.24. The van der Waals surface area contributed by atoms with Gasteiger partial charge >= 0.3 is 5.97 Å². The largest absolute Gasteiger partial charge is 0.455 e. The van der Waals surface area contributed by atoms with Gasteiger partial charge in [-0.3, -0.25) is 0 Å². The molecule has 0 unspecified atom stereocenters. The van der Waals surface area contributed by atoms with Crippen LogP contribution in [0.3, 0.4) is 0 Å². The minimum Gasteiger partial charge on any atom is -0.455 e. The maximum absolute atomic E-state index is 12.1. The van der Waals surface area contributed by atoms with Crippen molar-refractivity contribution >= 4 is 16.7 Å². The lowest BCUT2D eigenvalue weighted by Gasteiger charge is -2.13. The quantitative estimate of drug-likeness (QED) is 0.585. The van der Waals surface area contributed by atoms with Gasteiger partial charge in [0.2, 0.25) is 0 Å². The smallest absolute Gasteiger partial charge is 0.338 e. The zero-order valence-electron chi connectivity index (χ0n) is 11.1. The normalized spacial score (nSPS) is 12.1. The monoisotopic (exact) mass is 254 g/mol. The number of rotatable bonds is 5. The Labute approximate surface area is 113 Å². The SMILES string of the molecule is C=C[C@@H](CCC)OC(=O)c1ccc2ccccc2c1. The zero-order valence-corrected chi connectivity index (χ0v) is 11.1. The zero-order chi connectivity index (χ0) is 13.7. The van der Waals surface area contributed by atoms with Crippen molar-refractivity contribution < 1.29 is 9.53 Å². The molecule has 0 fully saturated rings. The number of hydrogen-bond acceptors (Lipinski definition) is 2. The third kappa shape index (κ3) is 3.22. The van der Waals surface area contributed by atoms with Gasteiger partial charge in [-0.25, -0.2) is 4.79 Å². The molecule has 0 saturated heterocycles. The van der Waals surface area contributed by atoms with Gasteiger partial charge in [-0.2, -0.15) is 0 Å². The number of esters is 1. The topological polar surface area (TPSA) is 26.3 Å². The van der Waals surface area contributed by atoms with Gasteiger partial charge in [0.15, 0.2) is 0 Å². The molecule has 2 nitrogen and oxygen atoms in total. The molecule has 0 aromatic heterocycles. The highest BCUT2D eigenvalue weighted by Gasteiger charge is 2.12. The van der Waals surface area contributed by atoms with E-state index in [0.29, 0.717) is 5.56 Å². The molecule has 0 aliphatic carbocycles. The highest BCUT2D eigenvalue weighted by atomic mass is 16.5. The first-order valence-electron chi connectivity index (χ1n) is 6.57. The summed E-state index contributed by atoms with van der Waals surface area (Å²) >= 11 is 0. The summed E-state index contributed by atoms with van der Waals surface area (Å²) in [6.45, 7) is 5.75. The summed E-state index contributed by atoms with van der Waals surface area (Å²) in [5, 5.41) is 2.16. The lowest BCUT2D eigenvalue weighted by Crippen LogP contribution is -2.15. The molecule has 1 atom stereocenters. The first kappa shape index (κ1) is 13.3. The molecule has 0 spiro atoms. The van der Waals surface area contributed by atoms with Gasteiger partial charge in [0, 0.05) is 0 Å². The second-order valence-corrected chi connectivity index (χ2v) is 4.53. The molecule has 2 heteroatoms. The Morgan fingerprint density at radius 2 is 2.00 bits per heavy atom. The molecule has 2 aromatic rings.